The maximum absolute atomic E-state index is 11.9. The van der Waals surface area contributed by atoms with Gasteiger partial charge >= 0.3 is 6.18 Å². The van der Waals surface area contributed by atoms with E-state index in [1.165, 1.54) is 12.1 Å². The zero-order valence-electron chi connectivity index (χ0n) is 9.70. The normalized spacial score (nSPS) is 10.8. The van der Waals surface area contributed by atoms with Crippen molar-refractivity contribution >= 4 is 11.4 Å². The van der Waals surface area contributed by atoms with Crippen molar-refractivity contribution in [2.24, 2.45) is 0 Å². The first-order valence-corrected chi connectivity index (χ1v) is 5.32. The second-order valence-electron chi connectivity index (χ2n) is 3.74. The van der Waals surface area contributed by atoms with Gasteiger partial charge in [0.15, 0.2) is 0 Å². The van der Waals surface area contributed by atoms with Crippen LogP contribution in [0.2, 0.25) is 0 Å². The molecule has 0 unspecified atom stereocenters. The molecule has 1 aromatic carbocycles. The van der Waals surface area contributed by atoms with Gasteiger partial charge in [0, 0.05) is 25.1 Å². The van der Waals surface area contributed by atoms with Crippen molar-refractivity contribution in [3.05, 3.63) is 33.9 Å². The monoisotopic (exact) mass is 273 g/mol. The molecule has 0 spiro atoms. The van der Waals surface area contributed by atoms with E-state index < -0.39 is 17.5 Å². The average Bonchev–Trinajstić information content (AvgIpc) is 2.33. The van der Waals surface area contributed by atoms with Gasteiger partial charge in [-0.1, -0.05) is 0 Å². The molecule has 1 rings (SSSR count). The van der Waals surface area contributed by atoms with Crippen LogP contribution in [0.5, 0.6) is 0 Å². The van der Waals surface area contributed by atoms with Gasteiger partial charge in [0.2, 0.25) is 0 Å². The highest BCUT2D eigenvalue weighted by atomic mass is 19.4. The molecule has 0 aliphatic heterocycles. The highest BCUT2D eigenvalue weighted by molar-refractivity contribution is 5.61. The first-order valence-electron chi connectivity index (χ1n) is 5.32. The molecule has 0 aliphatic carbocycles. The van der Waals surface area contributed by atoms with Crippen LogP contribution in [-0.4, -0.2) is 17.6 Å². The number of nitriles is 1. The SMILES string of the molecule is N#Cc1cc([N+](=O)[O-])ccc1NCCCC(F)(F)F. The molecule has 1 aromatic rings. The number of nitro groups is 1. The van der Waals surface area contributed by atoms with Gasteiger partial charge in [0.05, 0.1) is 16.2 Å². The maximum atomic E-state index is 11.9. The second kappa shape index (κ2) is 6.04. The smallest absolute Gasteiger partial charge is 0.384 e. The molecule has 19 heavy (non-hydrogen) atoms. The van der Waals surface area contributed by atoms with Gasteiger partial charge in [0.1, 0.15) is 6.07 Å². The lowest BCUT2D eigenvalue weighted by molar-refractivity contribution is -0.384. The summed E-state index contributed by atoms with van der Waals surface area (Å²) in [6, 6.07) is 5.33. The lowest BCUT2D eigenvalue weighted by Crippen LogP contribution is -2.11. The van der Waals surface area contributed by atoms with Gasteiger partial charge in [0.25, 0.3) is 5.69 Å². The van der Waals surface area contributed by atoms with E-state index in [-0.39, 0.29) is 29.9 Å². The van der Waals surface area contributed by atoms with Crippen LogP contribution in [0.25, 0.3) is 0 Å². The Kier molecular flexibility index (Phi) is 4.69. The molecule has 0 amide bonds. The number of nitrogens with one attached hydrogen (secondary N) is 1. The molecule has 0 saturated carbocycles. The zero-order chi connectivity index (χ0) is 14.5. The van der Waals surface area contributed by atoms with Crippen LogP contribution in [0.4, 0.5) is 24.5 Å². The van der Waals surface area contributed by atoms with Crippen LogP contribution in [0.1, 0.15) is 18.4 Å². The lowest BCUT2D eigenvalue weighted by Gasteiger charge is -2.09. The van der Waals surface area contributed by atoms with E-state index in [0.29, 0.717) is 0 Å². The van der Waals surface area contributed by atoms with Gasteiger partial charge in [-0.3, -0.25) is 10.1 Å². The summed E-state index contributed by atoms with van der Waals surface area (Å²) in [4.78, 5) is 9.86. The van der Waals surface area contributed by atoms with Gasteiger partial charge in [-0.05, 0) is 12.5 Å². The summed E-state index contributed by atoms with van der Waals surface area (Å²) in [7, 11) is 0. The minimum absolute atomic E-state index is 0.0289. The molecule has 0 saturated heterocycles. The Hall–Kier alpha value is -2.30. The molecule has 0 bridgehead atoms. The Morgan fingerprint density at radius 2 is 2.11 bits per heavy atom. The van der Waals surface area contributed by atoms with Crippen LogP contribution in [0.3, 0.4) is 0 Å². The molecule has 0 atom stereocenters. The predicted molar refractivity (Wildman–Crippen MR) is 61.6 cm³/mol. The van der Waals surface area contributed by atoms with Crippen LogP contribution in [0.15, 0.2) is 18.2 Å². The number of nitro benzene ring substituents is 1. The largest absolute Gasteiger partial charge is 0.389 e. The number of alkyl halides is 3. The van der Waals surface area contributed by atoms with Gasteiger partial charge in [-0.25, -0.2) is 0 Å². The number of rotatable bonds is 5. The fourth-order valence-corrected chi connectivity index (χ4v) is 1.40. The molecule has 0 aliphatic rings. The van der Waals surface area contributed by atoms with E-state index in [9.17, 15) is 23.3 Å². The van der Waals surface area contributed by atoms with E-state index in [4.69, 9.17) is 5.26 Å². The molecule has 0 radical (unpaired) electrons. The molecule has 102 valence electrons. The van der Waals surface area contributed by atoms with Gasteiger partial charge in [-0.2, -0.15) is 18.4 Å². The van der Waals surface area contributed by atoms with Crippen molar-refractivity contribution in [1.82, 2.24) is 0 Å². The molecule has 5 nitrogen and oxygen atoms in total. The van der Waals surface area contributed by atoms with E-state index in [2.05, 4.69) is 5.32 Å². The topological polar surface area (TPSA) is 79.0 Å². The van der Waals surface area contributed by atoms with Crippen molar-refractivity contribution in [2.45, 2.75) is 19.0 Å². The van der Waals surface area contributed by atoms with Crippen molar-refractivity contribution in [3.8, 4) is 6.07 Å². The quantitative estimate of drug-likeness (QED) is 0.507. The molecule has 0 aromatic heterocycles. The summed E-state index contributed by atoms with van der Waals surface area (Å²) in [6.07, 6.45) is -5.27. The Bertz CT molecular complexity index is 509. The third kappa shape index (κ3) is 4.83. The van der Waals surface area contributed by atoms with Crippen molar-refractivity contribution in [2.75, 3.05) is 11.9 Å². The Labute approximate surface area is 106 Å². The number of benzene rings is 1. The minimum Gasteiger partial charge on any atom is -0.384 e. The fraction of sp³-hybridized carbons (Fsp3) is 0.364. The standard InChI is InChI=1S/C11H10F3N3O2/c12-11(13,14)4-1-5-16-10-3-2-9(17(18)19)6-8(10)7-15/h2-3,6,16H,1,4-5H2. The highest BCUT2D eigenvalue weighted by Gasteiger charge is 2.25. The van der Waals surface area contributed by atoms with Crippen LogP contribution in [0, 0.1) is 21.4 Å². The summed E-state index contributed by atoms with van der Waals surface area (Å²) in [6.45, 7) is 0.0337. The number of non-ortho nitro benzene ring substituents is 1. The van der Waals surface area contributed by atoms with Crippen LogP contribution < -0.4 is 5.32 Å². The Morgan fingerprint density at radius 3 is 2.63 bits per heavy atom. The Morgan fingerprint density at radius 1 is 1.42 bits per heavy atom. The molecule has 0 fully saturated rings. The highest BCUT2D eigenvalue weighted by Crippen LogP contribution is 2.23. The summed E-state index contributed by atoms with van der Waals surface area (Å²) >= 11 is 0. The average molecular weight is 273 g/mol. The predicted octanol–water partition coefficient (Wildman–Crippen LogP) is 3.22. The van der Waals surface area contributed by atoms with Crippen LogP contribution in [-0.2, 0) is 0 Å². The number of nitrogens with zero attached hydrogens (tertiary/aromatic N) is 2. The van der Waals surface area contributed by atoms with Crippen molar-refractivity contribution < 1.29 is 18.1 Å². The molecule has 8 heteroatoms. The Balaban J connectivity index is 2.64. The van der Waals surface area contributed by atoms with E-state index in [0.717, 1.165) is 6.07 Å². The summed E-state index contributed by atoms with van der Waals surface area (Å²) in [5.74, 6) is 0. The molecule has 0 heterocycles. The minimum atomic E-state index is -4.21. The van der Waals surface area contributed by atoms with Crippen molar-refractivity contribution in [3.63, 3.8) is 0 Å². The number of hydrogen-bond donors (Lipinski definition) is 1. The van der Waals surface area contributed by atoms with E-state index in [1.54, 1.807) is 6.07 Å². The molecular formula is C11H10F3N3O2. The van der Waals surface area contributed by atoms with Crippen LogP contribution >= 0.6 is 0 Å². The first kappa shape index (κ1) is 14.8. The number of hydrogen-bond acceptors (Lipinski definition) is 4. The number of halogens is 3. The van der Waals surface area contributed by atoms with E-state index >= 15 is 0 Å². The maximum Gasteiger partial charge on any atom is 0.389 e. The lowest BCUT2D eigenvalue weighted by atomic mass is 10.1. The van der Waals surface area contributed by atoms with E-state index in [1.807, 2.05) is 0 Å². The van der Waals surface area contributed by atoms with Gasteiger partial charge in [-0.15, -0.1) is 0 Å². The fourth-order valence-electron chi connectivity index (χ4n) is 1.40. The molecule has 1 N–H and O–H groups in total. The summed E-state index contributed by atoms with van der Waals surface area (Å²) < 4.78 is 35.7. The zero-order valence-corrected chi connectivity index (χ0v) is 9.70. The second-order valence-corrected chi connectivity index (χ2v) is 3.74. The summed E-state index contributed by atoms with van der Waals surface area (Å²) in [5, 5.41) is 22.0. The third-order valence-electron chi connectivity index (χ3n) is 2.29. The number of anilines is 1. The third-order valence-corrected chi connectivity index (χ3v) is 2.29. The van der Waals surface area contributed by atoms with Gasteiger partial charge < -0.3 is 5.32 Å². The molecular weight excluding hydrogens is 263 g/mol. The van der Waals surface area contributed by atoms with Crippen molar-refractivity contribution in [1.29, 1.82) is 5.26 Å². The first-order chi connectivity index (χ1) is 8.83. The summed E-state index contributed by atoms with van der Waals surface area (Å²) in [5.41, 5.74) is 0.0777.